The minimum absolute atomic E-state index is 0.306. The molecule has 0 atom stereocenters. The molecule has 0 saturated carbocycles. The van der Waals surface area contributed by atoms with E-state index in [1.807, 2.05) is 0 Å². The zero-order valence-corrected chi connectivity index (χ0v) is 13.1. The first kappa shape index (κ1) is 15.6. The van der Waals surface area contributed by atoms with Gasteiger partial charge in [0.25, 0.3) is 0 Å². The first-order chi connectivity index (χ1) is 8.49. The molecule has 0 aliphatic heterocycles. The molecule has 1 rings (SSSR count). The van der Waals surface area contributed by atoms with Gasteiger partial charge in [-0.15, -0.1) is 0 Å². The third kappa shape index (κ3) is 4.68. The molecule has 4 nitrogen and oxygen atoms in total. The Morgan fingerprint density at radius 2 is 1.72 bits per heavy atom. The Bertz CT molecular complexity index is 455. The lowest BCUT2D eigenvalue weighted by molar-refractivity contribution is -0.895. The van der Waals surface area contributed by atoms with Crippen molar-refractivity contribution >= 4 is 26.0 Å². The van der Waals surface area contributed by atoms with Crippen LogP contribution in [-0.4, -0.2) is 34.6 Å². The summed E-state index contributed by atoms with van der Waals surface area (Å²) < 4.78 is 27.4. The van der Waals surface area contributed by atoms with Gasteiger partial charge in [-0.1, -0.05) is 15.9 Å². The van der Waals surface area contributed by atoms with E-state index in [2.05, 4.69) is 34.5 Å². The predicted octanol–water partition coefficient (Wildman–Crippen LogP) is 0.652. The fourth-order valence-corrected chi connectivity index (χ4v) is 2.96. The molecule has 102 valence electrons. The van der Waals surface area contributed by atoms with Crippen molar-refractivity contribution in [1.82, 2.24) is 4.72 Å². The van der Waals surface area contributed by atoms with Gasteiger partial charge in [-0.2, -0.15) is 0 Å². The maximum atomic E-state index is 12.0. The lowest BCUT2D eigenvalue weighted by atomic mass is 10.4. The summed E-state index contributed by atoms with van der Waals surface area (Å²) in [6.07, 6.45) is 0. The first-order valence-electron chi connectivity index (χ1n) is 6.08. The summed E-state index contributed by atoms with van der Waals surface area (Å²) in [5, 5.41) is 0. The maximum absolute atomic E-state index is 12.0. The molecule has 0 fully saturated rings. The van der Waals surface area contributed by atoms with E-state index in [-0.39, 0.29) is 0 Å². The number of hydrogen-bond acceptors (Lipinski definition) is 2. The van der Waals surface area contributed by atoms with E-state index in [1.54, 1.807) is 24.3 Å². The molecular weight excluding hydrogens is 316 g/mol. The van der Waals surface area contributed by atoms with Gasteiger partial charge < -0.3 is 4.90 Å². The van der Waals surface area contributed by atoms with E-state index < -0.39 is 10.0 Å². The lowest BCUT2D eigenvalue weighted by Gasteiger charge is -2.15. The number of nitrogens with one attached hydrogen (secondary N) is 2. The molecule has 6 heteroatoms. The summed E-state index contributed by atoms with van der Waals surface area (Å²) >= 11 is 3.28. The molecule has 1 aromatic rings. The summed E-state index contributed by atoms with van der Waals surface area (Å²) in [6.45, 7) is 7.50. The van der Waals surface area contributed by atoms with Crippen molar-refractivity contribution in [2.45, 2.75) is 18.7 Å². The second-order valence-electron chi connectivity index (χ2n) is 4.06. The molecule has 0 heterocycles. The molecule has 0 aliphatic carbocycles. The van der Waals surface area contributed by atoms with E-state index in [1.165, 1.54) is 4.90 Å². The summed E-state index contributed by atoms with van der Waals surface area (Å²) in [7, 11) is -3.37. The van der Waals surface area contributed by atoms with Crippen LogP contribution in [0.2, 0.25) is 0 Å². The number of likely N-dealkylation sites (N-methyl/N-ethyl adjacent to an activating group) is 1. The number of hydrogen-bond donors (Lipinski definition) is 2. The van der Waals surface area contributed by atoms with Crippen LogP contribution in [-0.2, 0) is 10.0 Å². The smallest absolute Gasteiger partial charge is 0.240 e. The Kier molecular flexibility index (Phi) is 6.28. The molecule has 0 spiro atoms. The topological polar surface area (TPSA) is 50.6 Å². The van der Waals surface area contributed by atoms with Crippen LogP contribution in [0, 0.1) is 0 Å². The number of rotatable bonds is 7. The summed E-state index contributed by atoms with van der Waals surface area (Å²) in [5.74, 6) is 0. The summed E-state index contributed by atoms with van der Waals surface area (Å²) in [5.41, 5.74) is 0. The largest absolute Gasteiger partial charge is 0.334 e. The molecule has 0 radical (unpaired) electrons. The van der Waals surface area contributed by atoms with Gasteiger partial charge in [0.2, 0.25) is 10.0 Å². The van der Waals surface area contributed by atoms with Gasteiger partial charge in [-0.05, 0) is 38.1 Å². The monoisotopic (exact) mass is 335 g/mol. The maximum Gasteiger partial charge on any atom is 0.240 e. The number of sulfonamides is 1. The van der Waals surface area contributed by atoms with E-state index in [0.717, 1.165) is 24.1 Å². The minimum Gasteiger partial charge on any atom is -0.334 e. The molecule has 1 aromatic carbocycles. The van der Waals surface area contributed by atoms with Crippen molar-refractivity contribution in [3.8, 4) is 0 Å². The van der Waals surface area contributed by atoms with Crippen molar-refractivity contribution in [2.75, 3.05) is 26.2 Å². The summed E-state index contributed by atoms with van der Waals surface area (Å²) in [4.78, 5) is 1.69. The Morgan fingerprint density at radius 1 is 1.17 bits per heavy atom. The lowest BCUT2D eigenvalue weighted by Crippen LogP contribution is -3.12. The Labute approximate surface area is 118 Å². The highest BCUT2D eigenvalue weighted by Crippen LogP contribution is 2.14. The molecule has 0 aliphatic rings. The molecular formula is C12H20BrN2O2S+. The number of halogens is 1. The van der Waals surface area contributed by atoms with Crippen molar-refractivity contribution in [3.63, 3.8) is 0 Å². The SMILES string of the molecule is CC[NH+](CC)CCNS(=O)(=O)c1ccc(Br)cc1. The van der Waals surface area contributed by atoms with Gasteiger partial charge in [-0.25, -0.2) is 13.1 Å². The molecule has 0 amide bonds. The van der Waals surface area contributed by atoms with Gasteiger partial charge >= 0.3 is 0 Å². The van der Waals surface area contributed by atoms with Crippen molar-refractivity contribution in [1.29, 1.82) is 0 Å². The standard InChI is InChI=1S/C12H19BrN2O2S/c1-3-15(4-2)10-9-14-18(16,17)12-7-5-11(13)6-8-12/h5-8,14H,3-4,9-10H2,1-2H3/p+1. The highest BCUT2D eigenvalue weighted by molar-refractivity contribution is 9.10. The van der Waals surface area contributed by atoms with Gasteiger partial charge in [0.1, 0.15) is 0 Å². The van der Waals surface area contributed by atoms with E-state index in [4.69, 9.17) is 0 Å². The average Bonchev–Trinajstić information content (AvgIpc) is 2.35. The van der Waals surface area contributed by atoms with Crippen LogP contribution < -0.4 is 9.62 Å². The van der Waals surface area contributed by atoms with Crippen molar-refractivity contribution < 1.29 is 13.3 Å². The van der Waals surface area contributed by atoms with Gasteiger partial charge in [0.15, 0.2) is 0 Å². The fourth-order valence-electron chi connectivity index (χ4n) is 1.66. The zero-order chi connectivity index (χ0) is 13.6. The first-order valence-corrected chi connectivity index (χ1v) is 8.36. The predicted molar refractivity (Wildman–Crippen MR) is 76.2 cm³/mol. The Morgan fingerprint density at radius 3 is 2.22 bits per heavy atom. The molecule has 0 bridgehead atoms. The van der Waals surface area contributed by atoms with Crippen LogP contribution in [0.1, 0.15) is 13.8 Å². The molecule has 0 aromatic heterocycles. The van der Waals surface area contributed by atoms with E-state index in [9.17, 15) is 8.42 Å². The second kappa shape index (κ2) is 7.23. The molecule has 18 heavy (non-hydrogen) atoms. The fraction of sp³-hybridized carbons (Fsp3) is 0.500. The normalized spacial score (nSPS) is 12.0. The van der Waals surface area contributed by atoms with Crippen LogP contribution in [0.3, 0.4) is 0 Å². The third-order valence-corrected chi connectivity index (χ3v) is 4.90. The minimum atomic E-state index is -3.37. The number of quaternary nitrogens is 1. The highest BCUT2D eigenvalue weighted by Gasteiger charge is 2.14. The average molecular weight is 336 g/mol. The third-order valence-electron chi connectivity index (χ3n) is 2.89. The molecule has 0 unspecified atom stereocenters. The molecule has 2 N–H and O–H groups in total. The quantitative estimate of drug-likeness (QED) is 0.768. The highest BCUT2D eigenvalue weighted by atomic mass is 79.9. The van der Waals surface area contributed by atoms with Crippen LogP contribution in [0.5, 0.6) is 0 Å². The van der Waals surface area contributed by atoms with Crippen LogP contribution in [0.15, 0.2) is 33.6 Å². The van der Waals surface area contributed by atoms with Crippen molar-refractivity contribution in [2.24, 2.45) is 0 Å². The van der Waals surface area contributed by atoms with Crippen LogP contribution in [0.25, 0.3) is 0 Å². The van der Waals surface area contributed by atoms with Gasteiger partial charge in [-0.3, -0.25) is 0 Å². The van der Waals surface area contributed by atoms with Crippen LogP contribution in [0.4, 0.5) is 0 Å². The van der Waals surface area contributed by atoms with Gasteiger partial charge in [0.05, 0.1) is 31.1 Å². The molecule has 0 saturated heterocycles. The van der Waals surface area contributed by atoms with Crippen LogP contribution >= 0.6 is 15.9 Å². The Balaban J connectivity index is 2.57. The zero-order valence-electron chi connectivity index (χ0n) is 10.7. The number of benzene rings is 1. The van der Waals surface area contributed by atoms with Gasteiger partial charge in [0, 0.05) is 4.47 Å². The van der Waals surface area contributed by atoms with E-state index in [0.29, 0.717) is 11.4 Å². The summed E-state index contributed by atoms with van der Waals surface area (Å²) in [6, 6.07) is 6.64. The Hall–Kier alpha value is -0.430. The second-order valence-corrected chi connectivity index (χ2v) is 6.74. The van der Waals surface area contributed by atoms with E-state index >= 15 is 0 Å². The van der Waals surface area contributed by atoms with Crippen molar-refractivity contribution in [3.05, 3.63) is 28.7 Å².